The van der Waals surface area contributed by atoms with Crippen LogP contribution in [-0.2, 0) is 11.2 Å². The van der Waals surface area contributed by atoms with Crippen LogP contribution in [0.25, 0.3) is 44.1 Å². The molecule has 0 radical (unpaired) electrons. The highest BCUT2D eigenvalue weighted by Gasteiger charge is 2.16. The van der Waals surface area contributed by atoms with E-state index in [9.17, 15) is 23.2 Å². The summed E-state index contributed by atoms with van der Waals surface area (Å²) >= 11 is 0. The average Bonchev–Trinajstić information content (AvgIpc) is 3.08. The molecule has 2 N–H and O–H groups in total. The molecular formula is C40H33F2N5O3. The first-order valence-corrected chi connectivity index (χ1v) is 15.9. The highest BCUT2D eigenvalue weighted by atomic mass is 19.1. The molecule has 1 amide bonds. The molecule has 10 heteroatoms. The Morgan fingerprint density at radius 3 is 1.80 bits per heavy atom. The smallest absolute Gasteiger partial charge is 0.273 e. The third-order valence-corrected chi connectivity index (χ3v) is 8.32. The number of halogens is 2. The number of nitrogens with zero attached hydrogens (tertiary/aromatic N) is 3. The molecule has 0 aliphatic carbocycles. The highest BCUT2D eigenvalue weighted by Crippen LogP contribution is 2.29. The Kier molecular flexibility index (Phi) is 9.45. The molecule has 0 aliphatic heterocycles. The Balaban J connectivity index is 0.000000194. The molecule has 250 valence electrons. The molecule has 0 bridgehead atoms. The van der Waals surface area contributed by atoms with Gasteiger partial charge in [-0.25, -0.2) is 19.3 Å². The van der Waals surface area contributed by atoms with Crippen molar-refractivity contribution in [3.8, 4) is 22.5 Å². The fourth-order valence-corrected chi connectivity index (χ4v) is 5.82. The van der Waals surface area contributed by atoms with Gasteiger partial charge in [0, 0.05) is 28.0 Å². The van der Waals surface area contributed by atoms with E-state index in [1.807, 2.05) is 68.4 Å². The molecule has 50 heavy (non-hydrogen) atoms. The predicted octanol–water partition coefficient (Wildman–Crippen LogP) is 7.48. The van der Waals surface area contributed by atoms with E-state index in [1.165, 1.54) is 5.56 Å². The van der Waals surface area contributed by atoms with E-state index in [4.69, 9.17) is 0 Å². The van der Waals surface area contributed by atoms with Gasteiger partial charge in [0.1, 0.15) is 17.3 Å². The average molecular weight is 670 g/mol. The summed E-state index contributed by atoms with van der Waals surface area (Å²) in [5, 5.41) is 13.9. The Morgan fingerprint density at radius 2 is 1.20 bits per heavy atom. The maximum Gasteiger partial charge on any atom is 0.294 e. The molecule has 0 fully saturated rings. The minimum absolute atomic E-state index is 0.148. The number of hydrogen-bond acceptors (Lipinski definition) is 5. The van der Waals surface area contributed by atoms with E-state index in [-0.39, 0.29) is 17.5 Å². The van der Waals surface area contributed by atoms with E-state index in [1.54, 1.807) is 12.1 Å². The van der Waals surface area contributed by atoms with Gasteiger partial charge in [-0.15, -0.1) is 9.89 Å². The van der Waals surface area contributed by atoms with Crippen molar-refractivity contribution >= 4 is 27.5 Å². The first kappa shape index (κ1) is 33.6. The number of hydrogen-bond donors (Lipinski definition) is 2. The summed E-state index contributed by atoms with van der Waals surface area (Å²) in [6, 6.07) is 29.6. The van der Waals surface area contributed by atoms with E-state index in [2.05, 4.69) is 52.8 Å². The van der Waals surface area contributed by atoms with Crippen molar-refractivity contribution in [1.82, 2.24) is 20.1 Å². The van der Waals surface area contributed by atoms with Crippen LogP contribution in [0.1, 0.15) is 27.8 Å². The quantitative estimate of drug-likeness (QED) is 0.198. The van der Waals surface area contributed by atoms with Crippen LogP contribution >= 0.6 is 0 Å². The minimum atomic E-state index is -0.777. The fraction of sp³-hybridized carbons (Fsp3) is 0.125. The lowest BCUT2D eigenvalue weighted by atomic mass is 9.99. The van der Waals surface area contributed by atoms with Gasteiger partial charge in [-0.1, -0.05) is 71.8 Å². The van der Waals surface area contributed by atoms with Gasteiger partial charge in [0.05, 0.1) is 22.9 Å². The fourth-order valence-electron chi connectivity index (χ4n) is 5.82. The zero-order chi connectivity index (χ0) is 35.5. The lowest BCUT2D eigenvalue weighted by molar-refractivity contribution is -0.116. The van der Waals surface area contributed by atoms with E-state index in [0.717, 1.165) is 61.9 Å². The van der Waals surface area contributed by atoms with Crippen molar-refractivity contribution in [2.45, 2.75) is 34.1 Å². The normalized spacial score (nSPS) is 10.9. The number of carbonyl (C=O) groups excluding carboxylic acids is 1. The number of rotatable bonds is 5. The van der Waals surface area contributed by atoms with Gasteiger partial charge in [-0.05, 0) is 80.8 Å². The molecule has 0 spiro atoms. The summed E-state index contributed by atoms with van der Waals surface area (Å²) in [4.78, 5) is 38.1. The van der Waals surface area contributed by atoms with E-state index in [0.29, 0.717) is 21.9 Å². The number of aryl methyl sites for hydroxylation is 4. The number of fused-ring (bicyclic) bond motifs is 2. The highest BCUT2D eigenvalue weighted by molar-refractivity contribution is 5.96. The summed E-state index contributed by atoms with van der Waals surface area (Å²) in [6.07, 6.45) is -0.311. The molecule has 0 saturated heterocycles. The summed E-state index contributed by atoms with van der Waals surface area (Å²) in [6.45, 7) is 8.01. The SMILES string of the molecule is Cc1ccc(C)c(-c2n[nH]c(=O)c3ccccc23)c1.Cc1ccc(C)c(-c2nn(NC(=O)Cc3cc(F)cc(F)c3)c(=O)c3ccccc23)c1. The standard InChI is InChI=1S/C24H19F2N3O2.C16H14N2O/c1-14-7-8-15(2)21(9-14)23-19-5-3-4-6-20(19)24(31)29(28-23)27-22(30)12-16-10-17(25)13-18(26)11-16;1-10-7-8-11(2)14(9-10)15-12-5-3-4-6-13(12)16(19)18-17-15/h3-11,13H,12H2,1-2H3,(H,27,30);3-9H,1-2H3,(H,18,19). The van der Waals surface area contributed by atoms with Crippen molar-refractivity contribution in [2.75, 3.05) is 5.43 Å². The van der Waals surface area contributed by atoms with Crippen LogP contribution in [0.3, 0.4) is 0 Å². The minimum Gasteiger partial charge on any atom is -0.273 e. The van der Waals surface area contributed by atoms with Gasteiger partial charge in [-0.2, -0.15) is 5.10 Å². The molecule has 0 unspecified atom stereocenters. The van der Waals surface area contributed by atoms with Crippen molar-refractivity contribution in [3.05, 3.63) is 163 Å². The van der Waals surface area contributed by atoms with Crippen molar-refractivity contribution < 1.29 is 13.6 Å². The number of amides is 1. The summed E-state index contributed by atoms with van der Waals surface area (Å²) in [5.74, 6) is -2.18. The molecule has 2 aromatic heterocycles. The van der Waals surface area contributed by atoms with Crippen LogP contribution < -0.4 is 16.5 Å². The van der Waals surface area contributed by atoms with Gasteiger partial charge in [0.2, 0.25) is 5.91 Å². The second-order valence-electron chi connectivity index (χ2n) is 12.2. The Labute approximate surface area is 286 Å². The second kappa shape index (κ2) is 14.1. The Bertz CT molecular complexity index is 2520. The van der Waals surface area contributed by atoms with Crippen molar-refractivity contribution in [3.63, 3.8) is 0 Å². The summed E-state index contributed by atoms with van der Waals surface area (Å²) in [7, 11) is 0. The van der Waals surface area contributed by atoms with E-state index < -0.39 is 23.1 Å². The van der Waals surface area contributed by atoms with Gasteiger partial charge >= 0.3 is 0 Å². The van der Waals surface area contributed by atoms with E-state index >= 15 is 0 Å². The lowest BCUT2D eigenvalue weighted by Crippen LogP contribution is -2.36. The van der Waals surface area contributed by atoms with Gasteiger partial charge < -0.3 is 0 Å². The maximum absolute atomic E-state index is 13.4. The Morgan fingerprint density at radius 1 is 0.680 bits per heavy atom. The van der Waals surface area contributed by atoms with Crippen LogP contribution in [0, 0.1) is 39.3 Å². The molecule has 7 rings (SSSR count). The van der Waals surface area contributed by atoms with Crippen LogP contribution in [0.15, 0.2) is 113 Å². The lowest BCUT2D eigenvalue weighted by Gasteiger charge is -2.14. The van der Waals surface area contributed by atoms with Gasteiger partial charge in [-0.3, -0.25) is 14.4 Å². The first-order valence-electron chi connectivity index (χ1n) is 15.9. The number of carbonyl (C=O) groups is 1. The number of nitrogens with one attached hydrogen (secondary N) is 2. The van der Waals surface area contributed by atoms with Crippen LogP contribution in [0.2, 0.25) is 0 Å². The van der Waals surface area contributed by atoms with Crippen LogP contribution in [0.4, 0.5) is 8.78 Å². The first-order chi connectivity index (χ1) is 24.0. The van der Waals surface area contributed by atoms with Gasteiger partial charge in [0.15, 0.2) is 0 Å². The molecule has 8 nitrogen and oxygen atoms in total. The molecule has 2 heterocycles. The van der Waals surface area contributed by atoms with Gasteiger partial charge in [0.25, 0.3) is 11.1 Å². The molecule has 5 aromatic carbocycles. The summed E-state index contributed by atoms with van der Waals surface area (Å²) < 4.78 is 26.8. The number of benzene rings is 5. The number of aromatic amines is 1. The third-order valence-electron chi connectivity index (χ3n) is 8.32. The number of H-pyrrole nitrogens is 1. The monoisotopic (exact) mass is 669 g/mol. The summed E-state index contributed by atoms with van der Waals surface area (Å²) in [5.41, 5.74) is 9.55. The van der Waals surface area contributed by atoms with Crippen LogP contribution in [-0.4, -0.2) is 26.0 Å². The van der Waals surface area contributed by atoms with Crippen molar-refractivity contribution in [2.24, 2.45) is 0 Å². The van der Waals surface area contributed by atoms with Crippen LogP contribution in [0.5, 0.6) is 0 Å². The molecule has 7 aromatic rings. The third kappa shape index (κ3) is 7.09. The molecular weight excluding hydrogens is 636 g/mol. The molecule has 0 atom stereocenters. The number of aromatic nitrogens is 4. The topological polar surface area (TPSA) is 110 Å². The zero-order valence-electron chi connectivity index (χ0n) is 27.8. The largest absolute Gasteiger partial charge is 0.294 e. The molecule has 0 aliphatic rings. The Hall–Kier alpha value is -6.29. The second-order valence-corrected chi connectivity index (χ2v) is 12.2. The zero-order valence-corrected chi connectivity index (χ0v) is 27.8. The molecule has 0 saturated carbocycles. The predicted molar refractivity (Wildman–Crippen MR) is 193 cm³/mol. The maximum atomic E-state index is 13.4. The van der Waals surface area contributed by atoms with Crippen molar-refractivity contribution in [1.29, 1.82) is 0 Å².